The fourth-order valence-electron chi connectivity index (χ4n) is 1.96. The maximum absolute atomic E-state index is 5.87. The minimum Gasteiger partial charge on any atom is -0.344 e. The van der Waals surface area contributed by atoms with Crippen molar-refractivity contribution in [3.05, 3.63) is 10.5 Å². The molecular weight excluding hydrogens is 230 g/mol. The molecule has 0 aliphatic carbocycles. The first-order valence-corrected chi connectivity index (χ1v) is 6.65. The van der Waals surface area contributed by atoms with Gasteiger partial charge < -0.3 is 10.2 Å². The average Bonchev–Trinajstić information content (AvgIpc) is 2.85. The quantitative estimate of drug-likeness (QED) is 0.883. The first-order chi connectivity index (χ1) is 7.31. The molecule has 1 aliphatic rings. The number of hydrogen-bond donors (Lipinski definition) is 1. The number of hydrogen-bond acceptors (Lipinski definition) is 4. The van der Waals surface area contributed by atoms with Gasteiger partial charge in [0.25, 0.3) is 0 Å². The topological polar surface area (TPSA) is 28.2 Å². The van der Waals surface area contributed by atoms with Crippen molar-refractivity contribution in [2.45, 2.75) is 25.8 Å². The zero-order valence-electron chi connectivity index (χ0n) is 8.87. The number of rotatable bonds is 4. The van der Waals surface area contributed by atoms with E-state index in [4.69, 9.17) is 11.6 Å². The van der Waals surface area contributed by atoms with Crippen molar-refractivity contribution >= 4 is 28.1 Å². The Bertz CT molecular complexity index is 309. The van der Waals surface area contributed by atoms with Crippen molar-refractivity contribution in [2.24, 2.45) is 0 Å². The Kier molecular flexibility index (Phi) is 3.83. The summed E-state index contributed by atoms with van der Waals surface area (Å²) in [6.07, 6.45) is 2.35. The van der Waals surface area contributed by atoms with Crippen LogP contribution in [-0.2, 0) is 0 Å². The summed E-state index contributed by atoms with van der Waals surface area (Å²) in [4.78, 5) is 6.74. The number of aromatic nitrogens is 1. The molecule has 1 aliphatic heterocycles. The van der Waals surface area contributed by atoms with E-state index in [1.807, 2.05) is 5.38 Å². The molecule has 0 spiro atoms. The van der Waals surface area contributed by atoms with Crippen molar-refractivity contribution in [1.29, 1.82) is 0 Å². The Morgan fingerprint density at radius 1 is 1.73 bits per heavy atom. The van der Waals surface area contributed by atoms with Crippen LogP contribution < -0.4 is 10.2 Å². The van der Waals surface area contributed by atoms with E-state index >= 15 is 0 Å². The highest BCUT2D eigenvalue weighted by Crippen LogP contribution is 2.26. The predicted octanol–water partition coefficient (Wildman–Crippen LogP) is 2.37. The van der Waals surface area contributed by atoms with Gasteiger partial charge in [0.1, 0.15) is 5.15 Å². The molecule has 0 bridgehead atoms. The second-order valence-electron chi connectivity index (χ2n) is 3.79. The molecule has 15 heavy (non-hydrogen) atoms. The Morgan fingerprint density at radius 2 is 2.60 bits per heavy atom. The van der Waals surface area contributed by atoms with Crippen molar-refractivity contribution in [3.63, 3.8) is 0 Å². The zero-order chi connectivity index (χ0) is 10.7. The monoisotopic (exact) mass is 245 g/mol. The van der Waals surface area contributed by atoms with E-state index in [2.05, 4.69) is 22.1 Å². The van der Waals surface area contributed by atoms with Crippen LogP contribution in [0.4, 0.5) is 5.13 Å². The maximum atomic E-state index is 5.87. The smallest absolute Gasteiger partial charge is 0.187 e. The van der Waals surface area contributed by atoms with E-state index in [9.17, 15) is 0 Å². The summed E-state index contributed by atoms with van der Waals surface area (Å²) in [5, 5.41) is 6.97. The van der Waals surface area contributed by atoms with E-state index < -0.39 is 0 Å². The summed E-state index contributed by atoms with van der Waals surface area (Å²) in [6, 6.07) is 0.590. The van der Waals surface area contributed by atoms with Crippen LogP contribution in [0.3, 0.4) is 0 Å². The van der Waals surface area contributed by atoms with Crippen LogP contribution in [0.1, 0.15) is 19.8 Å². The summed E-state index contributed by atoms with van der Waals surface area (Å²) < 4.78 is 0. The largest absolute Gasteiger partial charge is 0.344 e. The third kappa shape index (κ3) is 2.62. The van der Waals surface area contributed by atoms with Gasteiger partial charge in [-0.3, -0.25) is 0 Å². The summed E-state index contributed by atoms with van der Waals surface area (Å²) >= 11 is 7.51. The third-order valence-corrected chi connectivity index (χ3v) is 3.85. The fourth-order valence-corrected chi connectivity index (χ4v) is 3.00. The second kappa shape index (κ2) is 5.14. The molecule has 0 amide bonds. The van der Waals surface area contributed by atoms with Gasteiger partial charge in [0.05, 0.1) is 0 Å². The van der Waals surface area contributed by atoms with E-state index in [0.29, 0.717) is 11.2 Å². The van der Waals surface area contributed by atoms with Crippen molar-refractivity contribution < 1.29 is 0 Å². The molecule has 1 atom stereocenters. The van der Waals surface area contributed by atoms with Gasteiger partial charge in [-0.2, -0.15) is 0 Å². The van der Waals surface area contributed by atoms with E-state index in [0.717, 1.165) is 31.2 Å². The maximum Gasteiger partial charge on any atom is 0.187 e. The molecule has 1 saturated heterocycles. The lowest BCUT2D eigenvalue weighted by Gasteiger charge is -2.27. The van der Waals surface area contributed by atoms with Crippen LogP contribution in [0, 0.1) is 0 Å². The molecule has 1 fully saturated rings. The van der Waals surface area contributed by atoms with Gasteiger partial charge in [-0.1, -0.05) is 18.5 Å². The van der Waals surface area contributed by atoms with Crippen LogP contribution in [0.25, 0.3) is 0 Å². The van der Waals surface area contributed by atoms with Gasteiger partial charge >= 0.3 is 0 Å². The van der Waals surface area contributed by atoms with Gasteiger partial charge in [-0.05, 0) is 19.4 Å². The Hall–Kier alpha value is -0.320. The van der Waals surface area contributed by atoms with Crippen molar-refractivity contribution in [3.8, 4) is 0 Å². The number of thiazole rings is 1. The number of anilines is 1. The number of halogens is 1. The molecule has 1 aromatic heterocycles. The highest BCUT2D eigenvalue weighted by Gasteiger charge is 2.23. The Balaban J connectivity index is 2.11. The molecule has 0 saturated carbocycles. The number of nitrogens with zero attached hydrogens (tertiary/aromatic N) is 2. The van der Waals surface area contributed by atoms with Crippen LogP contribution in [0.5, 0.6) is 0 Å². The fraction of sp³-hybridized carbons (Fsp3) is 0.700. The second-order valence-corrected chi connectivity index (χ2v) is 5.02. The van der Waals surface area contributed by atoms with Crippen molar-refractivity contribution in [2.75, 3.05) is 24.5 Å². The lowest BCUT2D eigenvalue weighted by molar-refractivity contribution is 0.624. The van der Waals surface area contributed by atoms with Crippen LogP contribution in [-0.4, -0.2) is 30.7 Å². The predicted molar refractivity (Wildman–Crippen MR) is 66.0 cm³/mol. The van der Waals surface area contributed by atoms with Gasteiger partial charge in [0.2, 0.25) is 0 Å². The highest BCUT2D eigenvalue weighted by atomic mass is 35.5. The molecule has 0 radical (unpaired) electrons. The molecule has 2 rings (SSSR count). The Labute approximate surface area is 99.5 Å². The first kappa shape index (κ1) is 11.2. The molecule has 84 valence electrons. The zero-order valence-corrected chi connectivity index (χ0v) is 10.4. The van der Waals surface area contributed by atoms with E-state index in [1.54, 1.807) is 11.3 Å². The summed E-state index contributed by atoms with van der Waals surface area (Å²) in [6.45, 7) is 5.45. The summed E-state index contributed by atoms with van der Waals surface area (Å²) in [5.41, 5.74) is 0. The van der Waals surface area contributed by atoms with Crippen LogP contribution in [0.15, 0.2) is 5.38 Å². The van der Waals surface area contributed by atoms with Crippen LogP contribution >= 0.6 is 22.9 Å². The molecule has 3 nitrogen and oxygen atoms in total. The average molecular weight is 246 g/mol. The van der Waals surface area contributed by atoms with Gasteiger partial charge in [-0.25, -0.2) is 4.98 Å². The minimum atomic E-state index is 0.590. The van der Waals surface area contributed by atoms with Gasteiger partial charge in [-0.15, -0.1) is 11.3 Å². The van der Waals surface area contributed by atoms with Gasteiger partial charge in [0, 0.05) is 24.5 Å². The van der Waals surface area contributed by atoms with Crippen molar-refractivity contribution in [1.82, 2.24) is 10.3 Å². The van der Waals surface area contributed by atoms with Crippen LogP contribution in [0.2, 0.25) is 5.15 Å². The third-order valence-electron chi connectivity index (χ3n) is 2.65. The SMILES string of the molecule is CCCN(c1nc(Cl)cs1)C1CCNC1. The lowest BCUT2D eigenvalue weighted by Crippen LogP contribution is -2.37. The molecule has 5 heteroatoms. The molecular formula is C10H16ClN3S. The first-order valence-electron chi connectivity index (χ1n) is 5.39. The normalized spacial score (nSPS) is 20.8. The summed E-state index contributed by atoms with van der Waals surface area (Å²) in [7, 11) is 0. The minimum absolute atomic E-state index is 0.590. The molecule has 1 unspecified atom stereocenters. The molecule has 1 aromatic rings. The number of nitrogens with one attached hydrogen (secondary N) is 1. The van der Waals surface area contributed by atoms with E-state index in [-0.39, 0.29) is 0 Å². The molecule has 0 aromatic carbocycles. The molecule has 1 N–H and O–H groups in total. The standard InChI is InChI=1S/C10H16ClN3S/c1-2-5-14(8-3-4-12-6-8)10-13-9(11)7-15-10/h7-8,12H,2-6H2,1H3. The summed E-state index contributed by atoms with van der Waals surface area (Å²) in [5.74, 6) is 0. The highest BCUT2D eigenvalue weighted by molar-refractivity contribution is 7.14. The Morgan fingerprint density at radius 3 is 3.13 bits per heavy atom. The van der Waals surface area contributed by atoms with Gasteiger partial charge in [0.15, 0.2) is 5.13 Å². The lowest BCUT2D eigenvalue weighted by atomic mass is 10.2. The van der Waals surface area contributed by atoms with E-state index in [1.165, 1.54) is 6.42 Å². The molecule has 2 heterocycles.